The van der Waals surface area contributed by atoms with Gasteiger partial charge in [0.15, 0.2) is 5.60 Å². The summed E-state index contributed by atoms with van der Waals surface area (Å²) in [5, 5.41) is 0. The highest BCUT2D eigenvalue weighted by Gasteiger charge is 2.71. The number of methoxy groups -OCH3 is 1. The SMILES string of the molecule is CCC1(C(=O)OC)OC1(C)CC(C)(C)C. The van der Waals surface area contributed by atoms with Crippen LogP contribution in [0.15, 0.2) is 0 Å². The van der Waals surface area contributed by atoms with Gasteiger partial charge in [-0.3, -0.25) is 0 Å². The summed E-state index contributed by atoms with van der Waals surface area (Å²) in [4.78, 5) is 11.7. The van der Waals surface area contributed by atoms with Crippen molar-refractivity contribution in [2.24, 2.45) is 5.41 Å². The Hall–Kier alpha value is -0.570. The first-order valence-corrected chi connectivity index (χ1v) is 5.49. The van der Waals surface area contributed by atoms with E-state index < -0.39 is 5.60 Å². The predicted octanol–water partition coefficient (Wildman–Crippen LogP) is 2.53. The summed E-state index contributed by atoms with van der Waals surface area (Å²) in [5.41, 5.74) is -0.901. The molecule has 0 amide bonds. The quantitative estimate of drug-likeness (QED) is 0.535. The van der Waals surface area contributed by atoms with E-state index in [9.17, 15) is 4.79 Å². The van der Waals surface area contributed by atoms with Crippen LogP contribution in [0.2, 0.25) is 0 Å². The molecule has 88 valence electrons. The molecule has 0 radical (unpaired) electrons. The molecule has 1 aliphatic heterocycles. The number of ether oxygens (including phenoxy) is 2. The Kier molecular flexibility index (Phi) is 2.90. The summed E-state index contributed by atoms with van der Waals surface area (Å²) < 4.78 is 10.5. The van der Waals surface area contributed by atoms with Gasteiger partial charge in [0.1, 0.15) is 5.60 Å². The molecule has 0 bridgehead atoms. The molecule has 2 atom stereocenters. The molecule has 15 heavy (non-hydrogen) atoms. The van der Waals surface area contributed by atoms with Crippen LogP contribution in [-0.4, -0.2) is 24.3 Å². The number of hydrogen-bond donors (Lipinski definition) is 0. The molecule has 0 aromatic carbocycles. The Morgan fingerprint density at radius 3 is 2.27 bits per heavy atom. The van der Waals surface area contributed by atoms with E-state index >= 15 is 0 Å². The Labute approximate surface area is 92.1 Å². The average molecular weight is 214 g/mol. The van der Waals surface area contributed by atoms with Crippen molar-refractivity contribution in [3.8, 4) is 0 Å². The fourth-order valence-corrected chi connectivity index (χ4v) is 2.56. The Bertz CT molecular complexity index is 267. The average Bonchev–Trinajstić information content (AvgIpc) is 2.67. The highest BCUT2D eigenvalue weighted by atomic mass is 16.7. The van der Waals surface area contributed by atoms with Gasteiger partial charge < -0.3 is 9.47 Å². The van der Waals surface area contributed by atoms with Crippen LogP contribution in [0.5, 0.6) is 0 Å². The first-order chi connectivity index (χ1) is 6.71. The fourth-order valence-electron chi connectivity index (χ4n) is 2.56. The van der Waals surface area contributed by atoms with E-state index in [2.05, 4.69) is 20.8 Å². The van der Waals surface area contributed by atoms with Crippen LogP contribution < -0.4 is 0 Å². The minimum atomic E-state index is -0.699. The smallest absolute Gasteiger partial charge is 0.341 e. The van der Waals surface area contributed by atoms with Crippen LogP contribution in [0.4, 0.5) is 0 Å². The van der Waals surface area contributed by atoms with E-state index in [1.807, 2.05) is 13.8 Å². The molecular formula is C12H22O3. The molecule has 0 saturated carbocycles. The van der Waals surface area contributed by atoms with Gasteiger partial charge in [0.05, 0.1) is 7.11 Å². The van der Waals surface area contributed by atoms with Crippen LogP contribution in [-0.2, 0) is 14.3 Å². The summed E-state index contributed by atoms with van der Waals surface area (Å²) in [5.74, 6) is -0.239. The van der Waals surface area contributed by atoms with Crippen LogP contribution >= 0.6 is 0 Å². The van der Waals surface area contributed by atoms with E-state index in [1.54, 1.807) is 0 Å². The third-order valence-electron chi connectivity index (χ3n) is 3.09. The van der Waals surface area contributed by atoms with Crippen molar-refractivity contribution in [1.29, 1.82) is 0 Å². The standard InChI is InChI=1S/C12H22O3/c1-7-12(9(13)14-6)11(5,15-12)8-10(2,3)4/h7-8H2,1-6H3. The maximum atomic E-state index is 11.7. The monoisotopic (exact) mass is 214 g/mol. The molecule has 1 saturated heterocycles. The largest absolute Gasteiger partial charge is 0.467 e. The number of carbonyl (C=O) groups is 1. The van der Waals surface area contributed by atoms with Crippen molar-refractivity contribution >= 4 is 5.97 Å². The van der Waals surface area contributed by atoms with E-state index in [0.717, 1.165) is 6.42 Å². The second-order valence-electron chi connectivity index (χ2n) is 5.74. The molecule has 0 N–H and O–H groups in total. The molecule has 1 fully saturated rings. The highest BCUT2D eigenvalue weighted by Crippen LogP contribution is 2.56. The van der Waals surface area contributed by atoms with Crippen LogP contribution in [0.1, 0.15) is 47.5 Å². The zero-order chi connectivity index (χ0) is 11.9. The summed E-state index contributed by atoms with van der Waals surface area (Å²) in [6.45, 7) is 10.4. The van der Waals surface area contributed by atoms with Crippen molar-refractivity contribution < 1.29 is 14.3 Å². The van der Waals surface area contributed by atoms with Gasteiger partial charge in [0.25, 0.3) is 0 Å². The fraction of sp³-hybridized carbons (Fsp3) is 0.917. The van der Waals surface area contributed by atoms with Gasteiger partial charge in [0, 0.05) is 0 Å². The molecule has 0 aromatic heterocycles. The molecule has 0 aliphatic carbocycles. The van der Waals surface area contributed by atoms with Crippen molar-refractivity contribution in [2.75, 3.05) is 7.11 Å². The molecule has 3 heteroatoms. The second-order valence-corrected chi connectivity index (χ2v) is 5.74. The predicted molar refractivity (Wildman–Crippen MR) is 58.6 cm³/mol. The number of hydrogen-bond acceptors (Lipinski definition) is 3. The third-order valence-corrected chi connectivity index (χ3v) is 3.09. The molecular weight excluding hydrogens is 192 g/mol. The summed E-state index contributed by atoms with van der Waals surface area (Å²) >= 11 is 0. The zero-order valence-corrected chi connectivity index (χ0v) is 10.6. The minimum Gasteiger partial charge on any atom is -0.467 e. The lowest BCUT2D eigenvalue weighted by Crippen LogP contribution is -2.35. The number of epoxide rings is 1. The van der Waals surface area contributed by atoms with Gasteiger partial charge in [0.2, 0.25) is 0 Å². The van der Waals surface area contributed by atoms with Gasteiger partial charge in [-0.25, -0.2) is 4.79 Å². The van der Waals surface area contributed by atoms with Crippen LogP contribution in [0, 0.1) is 5.41 Å². The van der Waals surface area contributed by atoms with Crippen molar-refractivity contribution in [3.05, 3.63) is 0 Å². The first-order valence-electron chi connectivity index (χ1n) is 5.49. The van der Waals surface area contributed by atoms with Gasteiger partial charge >= 0.3 is 5.97 Å². The van der Waals surface area contributed by atoms with Gasteiger partial charge in [-0.1, -0.05) is 27.7 Å². The second kappa shape index (κ2) is 3.48. The van der Waals surface area contributed by atoms with E-state index in [-0.39, 0.29) is 17.0 Å². The lowest BCUT2D eigenvalue weighted by Gasteiger charge is -2.23. The lowest BCUT2D eigenvalue weighted by atomic mass is 9.78. The molecule has 0 aromatic rings. The number of esters is 1. The normalized spacial score (nSPS) is 35.1. The molecule has 1 heterocycles. The lowest BCUT2D eigenvalue weighted by molar-refractivity contribution is -0.147. The number of carbonyl (C=O) groups excluding carboxylic acids is 1. The molecule has 1 aliphatic rings. The van der Waals surface area contributed by atoms with Gasteiger partial charge in [-0.2, -0.15) is 0 Å². The van der Waals surface area contributed by atoms with Gasteiger partial charge in [-0.05, 0) is 25.2 Å². The zero-order valence-electron chi connectivity index (χ0n) is 10.6. The van der Waals surface area contributed by atoms with Crippen molar-refractivity contribution in [3.63, 3.8) is 0 Å². The topological polar surface area (TPSA) is 38.8 Å². The Morgan fingerprint density at radius 1 is 1.40 bits per heavy atom. The highest BCUT2D eigenvalue weighted by molar-refractivity contribution is 5.84. The number of rotatable bonds is 3. The maximum Gasteiger partial charge on any atom is 0.341 e. The van der Waals surface area contributed by atoms with Gasteiger partial charge in [-0.15, -0.1) is 0 Å². The summed E-state index contributed by atoms with van der Waals surface area (Å²) in [7, 11) is 1.42. The maximum absolute atomic E-state index is 11.7. The summed E-state index contributed by atoms with van der Waals surface area (Å²) in [6, 6.07) is 0. The Balaban J connectivity index is 2.80. The van der Waals surface area contributed by atoms with Crippen LogP contribution in [0.25, 0.3) is 0 Å². The van der Waals surface area contributed by atoms with E-state index in [1.165, 1.54) is 7.11 Å². The van der Waals surface area contributed by atoms with Crippen molar-refractivity contribution in [1.82, 2.24) is 0 Å². The Morgan fingerprint density at radius 2 is 1.93 bits per heavy atom. The van der Waals surface area contributed by atoms with E-state index in [4.69, 9.17) is 9.47 Å². The molecule has 1 rings (SSSR count). The molecule has 3 nitrogen and oxygen atoms in total. The first kappa shape index (κ1) is 12.5. The third kappa shape index (κ3) is 2.03. The van der Waals surface area contributed by atoms with Crippen LogP contribution in [0.3, 0.4) is 0 Å². The van der Waals surface area contributed by atoms with E-state index in [0.29, 0.717) is 6.42 Å². The summed E-state index contributed by atoms with van der Waals surface area (Å²) in [6.07, 6.45) is 1.54. The molecule has 0 spiro atoms. The molecule has 2 unspecified atom stereocenters. The minimum absolute atomic E-state index is 0.152. The van der Waals surface area contributed by atoms with Crippen molar-refractivity contribution in [2.45, 2.75) is 58.7 Å².